The van der Waals surface area contributed by atoms with E-state index in [2.05, 4.69) is 5.32 Å². The number of anilines is 1. The Bertz CT molecular complexity index is 578. The van der Waals surface area contributed by atoms with Gasteiger partial charge in [-0.2, -0.15) is 13.2 Å². The van der Waals surface area contributed by atoms with Gasteiger partial charge in [0.15, 0.2) is 0 Å². The zero-order valence-corrected chi connectivity index (χ0v) is 9.70. The standard InChI is InChI=1S/C13H10F3NO2/c14-13(15,16)9-1-2-11-10(5-9)17-6-12(19-11)8-3-4-18-7-8/h1-5,7,12,17H,6H2. The number of hydrogen-bond acceptors (Lipinski definition) is 3. The van der Waals surface area contributed by atoms with E-state index in [0.29, 0.717) is 18.0 Å². The van der Waals surface area contributed by atoms with Crippen molar-refractivity contribution in [1.82, 2.24) is 0 Å². The van der Waals surface area contributed by atoms with E-state index in [4.69, 9.17) is 9.15 Å². The lowest BCUT2D eigenvalue weighted by Gasteiger charge is -2.27. The Labute approximate surface area is 107 Å². The minimum atomic E-state index is -4.35. The number of nitrogens with one attached hydrogen (secondary N) is 1. The maximum atomic E-state index is 12.6. The van der Waals surface area contributed by atoms with E-state index in [9.17, 15) is 13.2 Å². The van der Waals surface area contributed by atoms with Crippen molar-refractivity contribution < 1.29 is 22.3 Å². The summed E-state index contributed by atoms with van der Waals surface area (Å²) >= 11 is 0. The summed E-state index contributed by atoms with van der Waals surface area (Å²) in [6, 6.07) is 5.16. The molecular formula is C13H10F3NO2. The first kappa shape index (κ1) is 12.0. The summed E-state index contributed by atoms with van der Waals surface area (Å²) in [4.78, 5) is 0. The predicted octanol–water partition coefficient (Wildman–Crippen LogP) is 3.84. The van der Waals surface area contributed by atoms with Gasteiger partial charge in [0, 0.05) is 5.56 Å². The van der Waals surface area contributed by atoms with Crippen LogP contribution in [-0.4, -0.2) is 6.54 Å². The van der Waals surface area contributed by atoms with Gasteiger partial charge in [-0.05, 0) is 24.3 Å². The Kier molecular flexibility index (Phi) is 2.66. The quantitative estimate of drug-likeness (QED) is 0.854. The summed E-state index contributed by atoms with van der Waals surface area (Å²) in [7, 11) is 0. The molecule has 3 rings (SSSR count). The molecule has 0 radical (unpaired) electrons. The zero-order chi connectivity index (χ0) is 13.5. The van der Waals surface area contributed by atoms with Crippen LogP contribution in [0.2, 0.25) is 0 Å². The maximum absolute atomic E-state index is 12.6. The topological polar surface area (TPSA) is 34.4 Å². The van der Waals surface area contributed by atoms with Crippen LogP contribution in [0.4, 0.5) is 18.9 Å². The van der Waals surface area contributed by atoms with Crippen molar-refractivity contribution in [3.63, 3.8) is 0 Å². The van der Waals surface area contributed by atoms with Crippen LogP contribution in [0.3, 0.4) is 0 Å². The third-order valence-corrected chi connectivity index (χ3v) is 2.97. The van der Waals surface area contributed by atoms with Crippen LogP contribution in [-0.2, 0) is 6.18 Å². The monoisotopic (exact) mass is 269 g/mol. The molecule has 2 heterocycles. The molecule has 0 saturated carbocycles. The Morgan fingerprint density at radius 1 is 1.21 bits per heavy atom. The van der Waals surface area contributed by atoms with Crippen LogP contribution in [0.5, 0.6) is 5.75 Å². The van der Waals surface area contributed by atoms with Gasteiger partial charge in [0.1, 0.15) is 11.9 Å². The first-order valence-electron chi connectivity index (χ1n) is 5.68. The van der Waals surface area contributed by atoms with Gasteiger partial charge in [0.2, 0.25) is 0 Å². The maximum Gasteiger partial charge on any atom is 0.416 e. The molecule has 0 bridgehead atoms. The minimum absolute atomic E-state index is 0.261. The minimum Gasteiger partial charge on any atom is -0.482 e. The largest absolute Gasteiger partial charge is 0.482 e. The van der Waals surface area contributed by atoms with Crippen molar-refractivity contribution in [3.8, 4) is 5.75 Å². The fraction of sp³-hybridized carbons (Fsp3) is 0.231. The number of hydrogen-bond donors (Lipinski definition) is 1. The number of benzene rings is 1. The van der Waals surface area contributed by atoms with Crippen LogP contribution in [0.25, 0.3) is 0 Å². The Morgan fingerprint density at radius 3 is 2.74 bits per heavy atom. The summed E-state index contributed by atoms with van der Waals surface area (Å²) in [6.07, 6.45) is -1.52. The lowest BCUT2D eigenvalue weighted by molar-refractivity contribution is -0.137. The second-order valence-corrected chi connectivity index (χ2v) is 4.25. The van der Waals surface area contributed by atoms with E-state index in [1.165, 1.54) is 12.3 Å². The van der Waals surface area contributed by atoms with Crippen LogP contribution >= 0.6 is 0 Å². The fourth-order valence-electron chi connectivity index (χ4n) is 1.99. The van der Waals surface area contributed by atoms with Gasteiger partial charge in [-0.3, -0.25) is 0 Å². The highest BCUT2D eigenvalue weighted by Gasteiger charge is 2.32. The molecule has 2 aromatic rings. The predicted molar refractivity (Wildman–Crippen MR) is 62.0 cm³/mol. The van der Waals surface area contributed by atoms with E-state index in [-0.39, 0.29) is 6.10 Å². The van der Waals surface area contributed by atoms with Gasteiger partial charge < -0.3 is 14.5 Å². The molecule has 0 saturated heterocycles. The zero-order valence-electron chi connectivity index (χ0n) is 9.70. The first-order chi connectivity index (χ1) is 9.04. The van der Waals surface area contributed by atoms with Gasteiger partial charge >= 0.3 is 6.18 Å². The first-order valence-corrected chi connectivity index (χ1v) is 5.68. The van der Waals surface area contributed by atoms with Crippen molar-refractivity contribution in [2.45, 2.75) is 12.3 Å². The molecule has 1 aliphatic rings. The molecule has 100 valence electrons. The van der Waals surface area contributed by atoms with Gasteiger partial charge in [-0.25, -0.2) is 0 Å². The summed E-state index contributed by atoms with van der Waals surface area (Å²) in [5.74, 6) is 0.408. The smallest absolute Gasteiger partial charge is 0.416 e. The lowest BCUT2D eigenvalue weighted by atomic mass is 10.1. The number of halogens is 3. The molecule has 1 aromatic heterocycles. The molecule has 0 fully saturated rings. The Hall–Kier alpha value is -2.11. The van der Waals surface area contributed by atoms with Crippen molar-refractivity contribution >= 4 is 5.69 Å². The van der Waals surface area contributed by atoms with Gasteiger partial charge in [-0.1, -0.05) is 0 Å². The highest BCUT2D eigenvalue weighted by molar-refractivity contribution is 5.60. The number of furan rings is 1. The second-order valence-electron chi connectivity index (χ2n) is 4.25. The van der Waals surface area contributed by atoms with Crippen molar-refractivity contribution in [2.75, 3.05) is 11.9 Å². The number of fused-ring (bicyclic) bond motifs is 1. The summed E-state index contributed by atoms with van der Waals surface area (Å²) in [5.41, 5.74) is 0.511. The van der Waals surface area contributed by atoms with Crippen LogP contribution < -0.4 is 10.1 Å². The molecule has 0 amide bonds. The summed E-state index contributed by atoms with van der Waals surface area (Å²) in [6.45, 7) is 0.397. The SMILES string of the molecule is FC(F)(F)c1ccc2c(c1)NCC(c1ccoc1)O2. The van der Waals surface area contributed by atoms with E-state index in [1.807, 2.05) is 0 Å². The lowest BCUT2D eigenvalue weighted by Crippen LogP contribution is -2.23. The van der Waals surface area contributed by atoms with Crippen LogP contribution in [0.15, 0.2) is 41.2 Å². The average molecular weight is 269 g/mol. The number of alkyl halides is 3. The highest BCUT2D eigenvalue weighted by Crippen LogP contribution is 2.39. The van der Waals surface area contributed by atoms with Crippen molar-refractivity contribution in [1.29, 1.82) is 0 Å². The molecule has 6 heteroatoms. The van der Waals surface area contributed by atoms with E-state index < -0.39 is 11.7 Å². The molecule has 1 N–H and O–H groups in total. The molecule has 1 aromatic carbocycles. The third-order valence-electron chi connectivity index (χ3n) is 2.97. The number of rotatable bonds is 1. The molecule has 1 atom stereocenters. The van der Waals surface area contributed by atoms with E-state index in [0.717, 1.165) is 17.7 Å². The molecule has 1 aliphatic heterocycles. The fourth-order valence-corrected chi connectivity index (χ4v) is 1.99. The highest BCUT2D eigenvalue weighted by atomic mass is 19.4. The molecular weight excluding hydrogens is 259 g/mol. The molecule has 3 nitrogen and oxygen atoms in total. The van der Waals surface area contributed by atoms with Crippen molar-refractivity contribution in [3.05, 3.63) is 47.9 Å². The van der Waals surface area contributed by atoms with Crippen LogP contribution in [0.1, 0.15) is 17.2 Å². The van der Waals surface area contributed by atoms with Gasteiger partial charge in [-0.15, -0.1) is 0 Å². The summed E-state index contributed by atoms with van der Waals surface area (Å²) < 4.78 is 48.3. The van der Waals surface area contributed by atoms with E-state index in [1.54, 1.807) is 12.3 Å². The number of ether oxygens (including phenoxy) is 1. The average Bonchev–Trinajstić information content (AvgIpc) is 2.90. The molecule has 1 unspecified atom stereocenters. The second kappa shape index (κ2) is 4.22. The van der Waals surface area contributed by atoms with Crippen molar-refractivity contribution in [2.24, 2.45) is 0 Å². The van der Waals surface area contributed by atoms with E-state index >= 15 is 0 Å². The van der Waals surface area contributed by atoms with Crippen LogP contribution in [0, 0.1) is 0 Å². The third kappa shape index (κ3) is 2.25. The molecule has 0 spiro atoms. The Morgan fingerprint density at radius 2 is 2.05 bits per heavy atom. The molecule has 0 aliphatic carbocycles. The summed E-state index contributed by atoms with van der Waals surface area (Å²) in [5, 5.41) is 2.95. The molecule has 19 heavy (non-hydrogen) atoms. The normalized spacial score (nSPS) is 18.4. The van der Waals surface area contributed by atoms with Gasteiger partial charge in [0.25, 0.3) is 0 Å². The Balaban J connectivity index is 1.87. The van der Waals surface area contributed by atoms with Gasteiger partial charge in [0.05, 0.1) is 30.3 Å².